The number of esters is 2. The molecule has 0 heterocycles. The summed E-state index contributed by atoms with van der Waals surface area (Å²) >= 11 is 0. The Morgan fingerprint density at radius 2 is 1.06 bits per heavy atom. The van der Waals surface area contributed by atoms with Crippen molar-refractivity contribution in [3.8, 4) is 0 Å². The number of phosphoric ester groups is 1. The van der Waals surface area contributed by atoms with Gasteiger partial charge in [-0.3, -0.25) is 18.6 Å². The van der Waals surface area contributed by atoms with Crippen molar-refractivity contribution >= 4 is 19.8 Å². The normalized spacial score (nSPS) is 14.8. The van der Waals surface area contributed by atoms with E-state index in [-0.39, 0.29) is 19.4 Å². The molecule has 0 radical (unpaired) electrons. The molecule has 0 aromatic heterocycles. The van der Waals surface area contributed by atoms with Crippen LogP contribution in [0.4, 0.5) is 0 Å². The van der Waals surface area contributed by atoms with Crippen LogP contribution in [0, 0.1) is 0 Å². The van der Waals surface area contributed by atoms with Gasteiger partial charge in [0.25, 0.3) is 0 Å². The molecule has 0 spiro atoms. The predicted octanol–water partition coefficient (Wildman–Crippen LogP) is 9.72. The lowest BCUT2D eigenvalue weighted by Gasteiger charge is -2.20. The van der Waals surface area contributed by atoms with Gasteiger partial charge in [0.05, 0.1) is 19.8 Å². The fraction of sp³-hybridized carbons (Fsp3) is 0.659. The highest BCUT2D eigenvalue weighted by atomic mass is 31.2. The lowest BCUT2D eigenvalue weighted by atomic mass is 10.1. The van der Waals surface area contributed by atoms with Gasteiger partial charge in [0, 0.05) is 12.8 Å². The third-order valence-corrected chi connectivity index (χ3v) is 8.59. The number of carbonyl (C=O) groups excluding carboxylic acids is 2. The van der Waals surface area contributed by atoms with E-state index in [1.54, 1.807) is 0 Å². The molecule has 0 aromatic rings. The molecular weight excluding hydrogens is 683 g/mol. The number of rotatable bonds is 35. The lowest BCUT2D eigenvalue weighted by Crippen LogP contribution is -2.29. The highest BCUT2D eigenvalue weighted by Crippen LogP contribution is 2.43. The second kappa shape index (κ2) is 36.8. The smallest absolute Gasteiger partial charge is 0.462 e. The molecule has 0 aromatic carbocycles. The van der Waals surface area contributed by atoms with Crippen LogP contribution >= 0.6 is 7.82 Å². The van der Waals surface area contributed by atoms with E-state index in [0.29, 0.717) is 12.8 Å². The van der Waals surface area contributed by atoms with Gasteiger partial charge in [0.15, 0.2) is 6.10 Å². The summed E-state index contributed by atoms with van der Waals surface area (Å²) in [6.45, 7) is 2.13. The van der Waals surface area contributed by atoms with Crippen molar-refractivity contribution in [2.45, 2.75) is 148 Å². The molecule has 0 aliphatic heterocycles. The van der Waals surface area contributed by atoms with E-state index in [2.05, 4.69) is 79.1 Å². The zero-order chi connectivity index (χ0) is 38.4. The molecule has 0 saturated carbocycles. The third-order valence-electron chi connectivity index (χ3n) is 7.64. The van der Waals surface area contributed by atoms with Gasteiger partial charge in [-0.05, 0) is 51.4 Å². The highest BCUT2D eigenvalue weighted by molar-refractivity contribution is 7.47. The Labute approximate surface area is 314 Å². The monoisotopic (exact) mass is 752 g/mol. The first-order valence-corrected chi connectivity index (χ1v) is 20.9. The number of hydrogen-bond donors (Lipinski definition) is 3. The average molecular weight is 753 g/mol. The molecule has 1 unspecified atom stereocenters. The molecule has 0 rings (SSSR count). The molecule has 3 N–H and O–H groups in total. The first kappa shape index (κ1) is 49.4. The van der Waals surface area contributed by atoms with Crippen molar-refractivity contribution in [1.29, 1.82) is 0 Å². The van der Waals surface area contributed by atoms with Gasteiger partial charge >= 0.3 is 19.8 Å². The fourth-order valence-corrected chi connectivity index (χ4v) is 5.45. The molecule has 298 valence electrons. The lowest BCUT2D eigenvalue weighted by molar-refractivity contribution is -0.161. The van der Waals surface area contributed by atoms with Gasteiger partial charge in [-0.15, -0.1) is 0 Å². The zero-order valence-electron chi connectivity index (χ0n) is 32.0. The van der Waals surface area contributed by atoms with Crippen LogP contribution in [0.5, 0.6) is 0 Å². The van der Waals surface area contributed by atoms with E-state index >= 15 is 0 Å². The van der Waals surface area contributed by atoms with Crippen molar-refractivity contribution in [2.75, 3.05) is 26.4 Å². The zero-order valence-corrected chi connectivity index (χ0v) is 32.9. The first-order chi connectivity index (χ1) is 25.2. The van der Waals surface area contributed by atoms with Crippen LogP contribution in [-0.4, -0.2) is 65.7 Å². The molecule has 0 amide bonds. The van der Waals surface area contributed by atoms with Crippen LogP contribution in [0.3, 0.4) is 0 Å². The summed E-state index contributed by atoms with van der Waals surface area (Å²) in [6, 6.07) is 0. The first-order valence-electron chi connectivity index (χ1n) is 19.4. The largest absolute Gasteiger partial charge is 0.472 e. The van der Waals surface area contributed by atoms with Crippen LogP contribution in [0.2, 0.25) is 0 Å². The number of carbonyl (C=O) groups is 2. The molecule has 3 atom stereocenters. The van der Waals surface area contributed by atoms with Crippen molar-refractivity contribution in [3.63, 3.8) is 0 Å². The number of aliphatic hydroxyl groups is 2. The SMILES string of the molecule is CC/C=C/C/C=C/C/C=C/C/C=C/C/C=C/C/C=C/CCC(=O)O[C@H](COC(=O)CCCCCCCCCCCC)COP(=O)(O)OC[C@@H](O)CO. The van der Waals surface area contributed by atoms with E-state index in [0.717, 1.165) is 57.8 Å². The molecule has 0 aliphatic carbocycles. The number of aliphatic hydroxyl groups excluding tert-OH is 2. The summed E-state index contributed by atoms with van der Waals surface area (Å²) in [5, 5.41) is 18.3. The Hall–Kier alpha value is -2.59. The van der Waals surface area contributed by atoms with Crippen molar-refractivity contribution < 1.29 is 47.8 Å². The second-order valence-corrected chi connectivity index (χ2v) is 14.0. The quantitative estimate of drug-likeness (QED) is 0.0247. The minimum absolute atomic E-state index is 0.0567. The Morgan fingerprint density at radius 1 is 0.596 bits per heavy atom. The van der Waals surface area contributed by atoms with E-state index in [1.807, 2.05) is 12.2 Å². The van der Waals surface area contributed by atoms with Crippen LogP contribution in [0.15, 0.2) is 72.9 Å². The Morgan fingerprint density at radius 3 is 1.56 bits per heavy atom. The number of phosphoric acid groups is 1. The van der Waals surface area contributed by atoms with Gasteiger partial charge in [-0.2, -0.15) is 0 Å². The molecule has 0 bridgehead atoms. The maximum absolute atomic E-state index is 12.5. The standard InChI is InChI=1S/C41H69O10P/c1-3-5-7-9-11-13-15-16-17-18-19-20-21-22-23-25-27-29-31-33-41(45)51-39(37-50-52(46,47)49-35-38(43)34-42)36-48-40(44)32-30-28-26-24-14-12-10-8-6-4-2/h5,7,11,13,16-17,19-20,22-23,27,29,38-39,42-43H,3-4,6,8-10,12,14-15,18,21,24-26,28,30-37H2,1-2H3,(H,46,47)/b7-5+,13-11+,17-16+,20-19+,23-22+,29-27+/t38-,39+/m0/s1. The molecule has 0 fully saturated rings. The maximum atomic E-state index is 12.5. The van der Waals surface area contributed by atoms with Gasteiger partial charge in [-0.1, -0.05) is 145 Å². The Balaban J connectivity index is 4.50. The van der Waals surface area contributed by atoms with Gasteiger partial charge < -0.3 is 24.6 Å². The average Bonchev–Trinajstić information content (AvgIpc) is 3.13. The Kier molecular flexibility index (Phi) is 34.9. The van der Waals surface area contributed by atoms with E-state index < -0.39 is 51.8 Å². The summed E-state index contributed by atoms with van der Waals surface area (Å²) in [4.78, 5) is 34.8. The predicted molar refractivity (Wildman–Crippen MR) is 210 cm³/mol. The van der Waals surface area contributed by atoms with Crippen molar-refractivity contribution in [3.05, 3.63) is 72.9 Å². The summed E-state index contributed by atoms with van der Waals surface area (Å²) in [6.07, 6.45) is 40.4. The molecule has 11 heteroatoms. The summed E-state index contributed by atoms with van der Waals surface area (Å²) in [5.41, 5.74) is 0. The van der Waals surface area contributed by atoms with Crippen LogP contribution in [-0.2, 0) is 32.7 Å². The summed E-state index contributed by atoms with van der Waals surface area (Å²) < 4.78 is 32.5. The number of allylic oxidation sites excluding steroid dienone is 12. The van der Waals surface area contributed by atoms with E-state index in [4.69, 9.17) is 19.1 Å². The maximum Gasteiger partial charge on any atom is 0.472 e. The molecule has 10 nitrogen and oxygen atoms in total. The number of unbranched alkanes of at least 4 members (excludes halogenated alkanes) is 9. The van der Waals surface area contributed by atoms with Crippen molar-refractivity contribution in [2.24, 2.45) is 0 Å². The minimum atomic E-state index is -4.63. The van der Waals surface area contributed by atoms with Gasteiger partial charge in [0.1, 0.15) is 12.7 Å². The molecular formula is C41H69O10P. The fourth-order valence-electron chi connectivity index (χ4n) is 4.66. The van der Waals surface area contributed by atoms with Gasteiger partial charge in [-0.25, -0.2) is 4.57 Å². The van der Waals surface area contributed by atoms with E-state index in [9.17, 15) is 24.2 Å². The Bertz CT molecular complexity index is 1100. The minimum Gasteiger partial charge on any atom is -0.462 e. The molecule has 0 saturated heterocycles. The van der Waals surface area contributed by atoms with Crippen LogP contribution in [0.25, 0.3) is 0 Å². The summed E-state index contributed by atoms with van der Waals surface area (Å²) in [5.74, 6) is -1.03. The molecule has 52 heavy (non-hydrogen) atoms. The summed E-state index contributed by atoms with van der Waals surface area (Å²) in [7, 11) is -4.63. The molecule has 0 aliphatic rings. The van der Waals surface area contributed by atoms with Crippen LogP contribution in [0.1, 0.15) is 136 Å². The van der Waals surface area contributed by atoms with Crippen molar-refractivity contribution in [1.82, 2.24) is 0 Å². The highest BCUT2D eigenvalue weighted by Gasteiger charge is 2.27. The van der Waals surface area contributed by atoms with E-state index in [1.165, 1.54) is 38.5 Å². The number of ether oxygens (including phenoxy) is 2. The van der Waals surface area contributed by atoms with Gasteiger partial charge in [0.2, 0.25) is 0 Å². The second-order valence-electron chi connectivity index (χ2n) is 12.6. The number of hydrogen-bond acceptors (Lipinski definition) is 9. The topological polar surface area (TPSA) is 149 Å². The van der Waals surface area contributed by atoms with Crippen LogP contribution < -0.4 is 0 Å². The third kappa shape index (κ3) is 35.8.